The molecule has 2 aliphatic rings. The fraction of sp³-hybridized carbons (Fsp3) is 0.875. The van der Waals surface area contributed by atoms with Crippen LogP contribution < -0.4 is 5.32 Å². The largest absolute Gasteiger partial charge is 0.359 e. The molecule has 0 aromatic rings. The Bertz CT molecular complexity index is 343. The van der Waals surface area contributed by atoms with Crippen molar-refractivity contribution in [2.45, 2.75) is 44.9 Å². The average Bonchev–Trinajstić information content (AvgIpc) is 2.46. The third-order valence-electron chi connectivity index (χ3n) is 4.77. The zero-order chi connectivity index (χ0) is 15.1. The monoisotopic (exact) mass is 295 g/mol. The van der Waals surface area contributed by atoms with Crippen LogP contribution in [0.25, 0.3) is 0 Å². The molecule has 2 saturated heterocycles. The second-order valence-electron chi connectivity index (χ2n) is 6.31. The zero-order valence-corrected chi connectivity index (χ0v) is 13.3. The van der Waals surface area contributed by atoms with E-state index in [2.05, 4.69) is 10.2 Å². The van der Waals surface area contributed by atoms with Crippen molar-refractivity contribution in [3.05, 3.63) is 0 Å². The summed E-state index contributed by atoms with van der Waals surface area (Å²) in [5.74, 6) is 0.545. The minimum atomic E-state index is 0.128. The maximum Gasteiger partial charge on any atom is 0.236 e. The molecule has 5 nitrogen and oxygen atoms in total. The molecule has 2 rings (SSSR count). The van der Waals surface area contributed by atoms with Crippen LogP contribution in [0.4, 0.5) is 0 Å². The van der Waals surface area contributed by atoms with Gasteiger partial charge in [-0.1, -0.05) is 19.3 Å². The maximum atomic E-state index is 12.4. The number of amides is 2. The Hall–Kier alpha value is -1.10. The smallest absolute Gasteiger partial charge is 0.236 e. The lowest BCUT2D eigenvalue weighted by atomic mass is 9.96. The fourth-order valence-electron chi connectivity index (χ4n) is 3.35. The summed E-state index contributed by atoms with van der Waals surface area (Å²) in [5.41, 5.74) is 0. The van der Waals surface area contributed by atoms with Gasteiger partial charge in [0.1, 0.15) is 0 Å². The summed E-state index contributed by atoms with van der Waals surface area (Å²) < 4.78 is 0. The van der Waals surface area contributed by atoms with Crippen LogP contribution in [0.3, 0.4) is 0 Å². The molecule has 21 heavy (non-hydrogen) atoms. The highest BCUT2D eigenvalue weighted by Crippen LogP contribution is 2.17. The molecule has 2 fully saturated rings. The van der Waals surface area contributed by atoms with Crippen LogP contribution >= 0.6 is 0 Å². The Morgan fingerprint density at radius 3 is 2.10 bits per heavy atom. The van der Waals surface area contributed by atoms with Gasteiger partial charge in [-0.15, -0.1) is 0 Å². The van der Waals surface area contributed by atoms with Gasteiger partial charge in [-0.25, -0.2) is 0 Å². The highest BCUT2D eigenvalue weighted by atomic mass is 16.2. The van der Waals surface area contributed by atoms with Crippen LogP contribution in [0.5, 0.6) is 0 Å². The molecule has 2 amide bonds. The first-order chi connectivity index (χ1) is 10.2. The molecule has 0 spiro atoms. The van der Waals surface area contributed by atoms with E-state index >= 15 is 0 Å². The number of rotatable bonds is 3. The van der Waals surface area contributed by atoms with Crippen LogP contribution in [-0.4, -0.2) is 61.4 Å². The Morgan fingerprint density at radius 2 is 1.52 bits per heavy atom. The number of hydrogen-bond acceptors (Lipinski definition) is 3. The van der Waals surface area contributed by atoms with Gasteiger partial charge in [0.05, 0.1) is 6.54 Å². The second-order valence-corrected chi connectivity index (χ2v) is 6.31. The molecule has 0 unspecified atom stereocenters. The van der Waals surface area contributed by atoms with Crippen molar-refractivity contribution >= 4 is 11.8 Å². The second kappa shape index (κ2) is 8.37. The molecular weight excluding hydrogens is 266 g/mol. The highest BCUT2D eigenvalue weighted by Gasteiger charge is 2.26. The summed E-state index contributed by atoms with van der Waals surface area (Å²) in [6.07, 6.45) is 7.84. The van der Waals surface area contributed by atoms with Gasteiger partial charge in [-0.05, 0) is 38.8 Å². The average molecular weight is 295 g/mol. The molecule has 0 bridgehead atoms. The summed E-state index contributed by atoms with van der Waals surface area (Å²) in [5, 5.41) is 2.72. The molecule has 0 radical (unpaired) electrons. The third kappa shape index (κ3) is 4.99. The summed E-state index contributed by atoms with van der Waals surface area (Å²) in [4.78, 5) is 28.3. The van der Waals surface area contributed by atoms with E-state index < -0.39 is 0 Å². The van der Waals surface area contributed by atoms with E-state index in [0.717, 1.165) is 51.9 Å². The van der Waals surface area contributed by atoms with Crippen molar-refractivity contribution in [1.82, 2.24) is 15.1 Å². The number of likely N-dealkylation sites (tertiary alicyclic amines) is 2. The first kappa shape index (κ1) is 16.3. The Labute approximate surface area is 128 Å². The van der Waals surface area contributed by atoms with Crippen LogP contribution in [0.2, 0.25) is 0 Å². The van der Waals surface area contributed by atoms with Gasteiger partial charge in [-0.2, -0.15) is 0 Å². The van der Waals surface area contributed by atoms with Gasteiger partial charge in [0.2, 0.25) is 11.8 Å². The number of piperidine rings is 1. The lowest BCUT2D eigenvalue weighted by molar-refractivity contribution is -0.133. The number of hydrogen-bond donors (Lipinski definition) is 1. The topological polar surface area (TPSA) is 52.7 Å². The molecule has 0 aromatic heterocycles. The molecular formula is C16H29N3O2. The van der Waals surface area contributed by atoms with Gasteiger partial charge in [0, 0.05) is 26.1 Å². The van der Waals surface area contributed by atoms with E-state index in [-0.39, 0.29) is 17.7 Å². The van der Waals surface area contributed by atoms with E-state index in [1.165, 1.54) is 19.3 Å². The number of carbonyl (C=O) groups excluding carboxylic acids is 2. The van der Waals surface area contributed by atoms with Gasteiger partial charge < -0.3 is 10.2 Å². The maximum absolute atomic E-state index is 12.4. The van der Waals surface area contributed by atoms with Crippen LogP contribution in [-0.2, 0) is 9.59 Å². The number of nitrogens with zero attached hydrogens (tertiary/aromatic N) is 2. The fourth-order valence-corrected chi connectivity index (χ4v) is 3.35. The summed E-state index contributed by atoms with van der Waals surface area (Å²) in [6, 6.07) is 0. The molecule has 1 N–H and O–H groups in total. The number of carbonyl (C=O) groups is 2. The van der Waals surface area contributed by atoms with E-state index in [4.69, 9.17) is 0 Å². The number of nitrogens with one attached hydrogen (secondary N) is 1. The van der Waals surface area contributed by atoms with Crippen LogP contribution in [0, 0.1) is 5.92 Å². The Morgan fingerprint density at radius 1 is 0.952 bits per heavy atom. The minimum absolute atomic E-state index is 0.128. The minimum Gasteiger partial charge on any atom is -0.359 e. The van der Waals surface area contributed by atoms with E-state index in [0.29, 0.717) is 6.54 Å². The Kier molecular flexibility index (Phi) is 6.49. The van der Waals surface area contributed by atoms with Gasteiger partial charge in [0.15, 0.2) is 0 Å². The third-order valence-corrected chi connectivity index (χ3v) is 4.77. The summed E-state index contributed by atoms with van der Waals surface area (Å²) in [7, 11) is 1.69. The van der Waals surface area contributed by atoms with Crippen molar-refractivity contribution in [1.29, 1.82) is 0 Å². The van der Waals surface area contributed by atoms with Crippen molar-refractivity contribution in [2.75, 3.05) is 39.8 Å². The molecule has 0 saturated carbocycles. The zero-order valence-electron chi connectivity index (χ0n) is 13.3. The SMILES string of the molecule is CNC(=O)C1CCN(CC(=O)N2CCCCCCC2)CC1. The molecule has 0 atom stereocenters. The molecule has 2 heterocycles. The van der Waals surface area contributed by atoms with E-state index in [1.807, 2.05) is 4.90 Å². The standard InChI is InChI=1S/C16H29N3O2/c1-17-16(21)14-7-11-18(12-8-14)13-15(20)19-9-5-3-2-4-6-10-19/h14H,2-13H2,1H3,(H,17,21). The first-order valence-electron chi connectivity index (χ1n) is 8.42. The lowest BCUT2D eigenvalue weighted by Gasteiger charge is -2.33. The van der Waals surface area contributed by atoms with Gasteiger partial charge in [0.25, 0.3) is 0 Å². The van der Waals surface area contributed by atoms with Crippen molar-refractivity contribution in [3.63, 3.8) is 0 Å². The quantitative estimate of drug-likeness (QED) is 0.852. The molecule has 5 heteroatoms. The van der Waals surface area contributed by atoms with Gasteiger partial charge >= 0.3 is 0 Å². The predicted octanol–water partition coefficient (Wildman–Crippen LogP) is 1.24. The lowest BCUT2D eigenvalue weighted by Crippen LogP contribution is -2.45. The summed E-state index contributed by atoms with van der Waals surface area (Å²) in [6.45, 7) is 4.09. The molecule has 0 aromatic carbocycles. The van der Waals surface area contributed by atoms with Crippen LogP contribution in [0.15, 0.2) is 0 Å². The van der Waals surface area contributed by atoms with E-state index in [1.54, 1.807) is 7.05 Å². The molecule has 0 aliphatic carbocycles. The normalized spacial score (nSPS) is 22.4. The molecule has 120 valence electrons. The van der Waals surface area contributed by atoms with Crippen LogP contribution in [0.1, 0.15) is 44.9 Å². The predicted molar refractivity (Wildman–Crippen MR) is 82.9 cm³/mol. The van der Waals surface area contributed by atoms with Crippen molar-refractivity contribution in [3.8, 4) is 0 Å². The Balaban J connectivity index is 1.74. The first-order valence-corrected chi connectivity index (χ1v) is 8.42. The molecule has 2 aliphatic heterocycles. The van der Waals surface area contributed by atoms with Crippen molar-refractivity contribution < 1.29 is 9.59 Å². The van der Waals surface area contributed by atoms with E-state index in [9.17, 15) is 9.59 Å². The van der Waals surface area contributed by atoms with Crippen molar-refractivity contribution in [2.24, 2.45) is 5.92 Å². The van der Waals surface area contributed by atoms with Gasteiger partial charge in [-0.3, -0.25) is 14.5 Å². The summed E-state index contributed by atoms with van der Waals surface area (Å²) >= 11 is 0. The highest BCUT2D eigenvalue weighted by molar-refractivity contribution is 5.79.